The smallest absolute Gasteiger partial charge is 0.305 e. The summed E-state index contributed by atoms with van der Waals surface area (Å²) in [6.45, 7) is 38.3. The Kier molecular flexibility index (Phi) is 72.2. The Hall–Kier alpha value is -9.64. The Morgan fingerprint density at radius 2 is 0.930 bits per heavy atom. The Morgan fingerprint density at radius 3 is 1.34 bits per heavy atom. The van der Waals surface area contributed by atoms with Gasteiger partial charge in [-0.1, -0.05) is 74.1 Å². The van der Waals surface area contributed by atoms with Crippen molar-refractivity contribution in [3.05, 3.63) is 205 Å². The molecule has 4 aromatic carbocycles. The van der Waals surface area contributed by atoms with E-state index in [9.17, 15) is 76.7 Å². The first-order chi connectivity index (χ1) is 60.7. The van der Waals surface area contributed by atoms with E-state index in [-0.39, 0.29) is 47.7 Å². The van der Waals surface area contributed by atoms with Gasteiger partial charge in [-0.05, 0) is 220 Å². The van der Waals surface area contributed by atoms with Gasteiger partial charge in [0.15, 0.2) is 5.16 Å². The second-order valence-electron chi connectivity index (χ2n) is 24.2. The molecule has 712 valence electrons. The molecular weight excluding hydrogens is 1840 g/mol. The van der Waals surface area contributed by atoms with Gasteiger partial charge < -0.3 is 38.1 Å². The van der Waals surface area contributed by atoms with Gasteiger partial charge in [0.1, 0.15) is 39.9 Å². The largest absolute Gasteiger partial charge is 0.394 e. The number of halogens is 4. The van der Waals surface area contributed by atoms with Crippen LogP contribution in [0.1, 0.15) is 154 Å². The summed E-state index contributed by atoms with van der Waals surface area (Å²) >= 11 is 16.4. The van der Waals surface area contributed by atoms with Gasteiger partial charge in [0.25, 0.3) is 17.5 Å². The first kappa shape index (κ1) is 125. The van der Waals surface area contributed by atoms with E-state index in [0.717, 1.165) is 167 Å². The molecule has 0 atom stereocenters. The minimum Gasteiger partial charge on any atom is -0.394 e. The SMILES string of the molecule is CCCN.CCCN.CCCNc1ccc(S(=O)(=O)NC)cn1.CCCS.CCCS.CCCSc1ccc(C(=O)NC)cc1[N+](=O)[O-].CCCSc1ncnc(NCC)n1.CCCc1ncnc(Cl)n1.CNC(=O)c1ccc(F)c([N+](=O)[O-])c1.CNS(=O)(=O)c1ccc(F)nc1.[C-]#[N+]c1cc(S(=O)(=O)NC)ccc1F.[C-]#[N+]c1cc(S(=O)(=O)NC)ccc1NCCC. The number of nitrogens with one attached hydrogen (secondary N) is 9. The number of aromatic nitrogens is 8. The Balaban J connectivity index is -0.000000671. The molecular formula is C79H121ClF3N23O14S8. The van der Waals surface area contributed by atoms with Crippen LogP contribution in [0.25, 0.3) is 9.69 Å². The third kappa shape index (κ3) is 54.6. The van der Waals surface area contributed by atoms with Crippen LogP contribution in [0.5, 0.6) is 0 Å². The highest BCUT2D eigenvalue weighted by Crippen LogP contribution is 2.31. The first-order valence-electron chi connectivity index (χ1n) is 39.5. The van der Waals surface area contributed by atoms with E-state index < -0.39 is 79.1 Å². The van der Waals surface area contributed by atoms with Crippen LogP contribution < -0.4 is 56.9 Å². The second-order valence-corrected chi connectivity index (χ2v) is 35.2. The fourth-order valence-electron chi connectivity index (χ4n) is 7.47. The van der Waals surface area contributed by atoms with Gasteiger partial charge in [0.2, 0.25) is 74.5 Å². The van der Waals surface area contributed by atoms with Crippen LogP contribution in [0.3, 0.4) is 0 Å². The number of nitro groups is 2. The maximum atomic E-state index is 12.8. The Labute approximate surface area is 776 Å². The number of sulfonamides is 4. The highest BCUT2D eigenvalue weighted by molar-refractivity contribution is 7.99. The molecule has 0 saturated heterocycles. The van der Waals surface area contributed by atoms with E-state index in [1.807, 2.05) is 27.7 Å². The molecule has 13 N–H and O–H groups in total. The van der Waals surface area contributed by atoms with E-state index in [0.29, 0.717) is 33.6 Å². The van der Waals surface area contributed by atoms with Crippen LogP contribution in [0, 0.1) is 51.0 Å². The molecule has 0 spiro atoms. The number of rotatable bonds is 32. The lowest BCUT2D eigenvalue weighted by Gasteiger charge is -2.09. The fraction of sp³-hybridized carbons (Fsp3) is 0.443. The van der Waals surface area contributed by atoms with Gasteiger partial charge >= 0.3 is 5.69 Å². The monoisotopic (exact) mass is 1960 g/mol. The summed E-state index contributed by atoms with van der Waals surface area (Å²) in [5.74, 6) is 2.82. The molecule has 0 aliphatic heterocycles. The molecule has 0 saturated carbocycles. The Morgan fingerprint density at radius 1 is 0.492 bits per heavy atom. The molecule has 2 amide bonds. The number of amides is 2. The van der Waals surface area contributed by atoms with Gasteiger partial charge in [-0.3, -0.25) is 29.8 Å². The van der Waals surface area contributed by atoms with Crippen LogP contribution in [-0.4, -0.2) is 193 Å². The molecule has 0 unspecified atom stereocenters. The van der Waals surface area contributed by atoms with Crippen LogP contribution >= 0.6 is 60.4 Å². The lowest BCUT2D eigenvalue weighted by atomic mass is 10.2. The van der Waals surface area contributed by atoms with E-state index in [2.05, 4.69) is 162 Å². The third-order valence-corrected chi connectivity index (χ3v) is 23.2. The summed E-state index contributed by atoms with van der Waals surface area (Å²) in [7, 11) is -5.85. The molecule has 0 aliphatic rings. The van der Waals surface area contributed by atoms with Gasteiger partial charge in [0, 0.05) is 81.0 Å². The van der Waals surface area contributed by atoms with E-state index in [4.69, 9.17) is 36.2 Å². The summed E-state index contributed by atoms with van der Waals surface area (Å²) in [6, 6.07) is 20.4. The van der Waals surface area contributed by atoms with Gasteiger partial charge in [-0.25, -0.2) is 102 Å². The zero-order valence-corrected chi connectivity index (χ0v) is 82.0. The average molecular weight is 1970 g/mol. The molecule has 0 bridgehead atoms. The molecule has 128 heavy (non-hydrogen) atoms. The molecule has 0 fully saturated rings. The number of pyridine rings is 2. The van der Waals surface area contributed by atoms with E-state index >= 15 is 0 Å². The van der Waals surface area contributed by atoms with Crippen LogP contribution in [0.2, 0.25) is 5.28 Å². The highest BCUT2D eigenvalue weighted by atomic mass is 35.5. The number of nitrogens with zero attached hydrogens (tertiary/aromatic N) is 12. The molecule has 4 heterocycles. The third-order valence-electron chi connectivity index (χ3n) is 14.2. The number of thioether (sulfide) groups is 2. The molecule has 8 aromatic rings. The van der Waals surface area contributed by atoms with Crippen molar-refractivity contribution >= 4 is 152 Å². The minimum absolute atomic E-state index is 0.00968. The summed E-state index contributed by atoms with van der Waals surface area (Å²) in [4.78, 5) is 80.2. The minimum atomic E-state index is -3.61. The van der Waals surface area contributed by atoms with Gasteiger partial charge in [-0.15, -0.1) is 11.8 Å². The molecule has 0 radical (unpaired) electrons. The molecule has 0 aliphatic carbocycles. The maximum Gasteiger partial charge on any atom is 0.305 e. The average Bonchev–Trinajstić information content (AvgIpc) is 0.848. The Bertz CT molecular complexity index is 5050. The molecule has 4 aromatic heterocycles. The lowest BCUT2D eigenvalue weighted by Crippen LogP contribution is -2.18. The number of nitro benzene ring substituents is 2. The van der Waals surface area contributed by atoms with Crippen molar-refractivity contribution in [2.75, 3.05) is 114 Å². The maximum absolute atomic E-state index is 12.8. The van der Waals surface area contributed by atoms with Crippen molar-refractivity contribution in [1.82, 2.24) is 69.4 Å². The quantitative estimate of drug-likeness (QED) is 0.00465. The molecule has 49 heteroatoms. The summed E-state index contributed by atoms with van der Waals surface area (Å²) in [6.07, 6.45) is 15.7. The number of hydrogen-bond donors (Lipinski definition) is 13. The first-order valence-corrected chi connectivity index (χ1v) is 49.1. The van der Waals surface area contributed by atoms with E-state index in [1.165, 1.54) is 110 Å². The number of hydrogen-bond acceptors (Lipinski definition) is 31. The summed E-state index contributed by atoms with van der Waals surface area (Å²) < 4.78 is 137. The zero-order valence-electron chi connectivity index (χ0n) is 74.6. The van der Waals surface area contributed by atoms with Crippen molar-refractivity contribution in [3.63, 3.8) is 0 Å². The topological polar surface area (TPSA) is 529 Å². The normalized spacial score (nSPS) is 10.1. The number of aryl methyl sites for hydroxylation is 1. The predicted octanol–water partition coefficient (Wildman–Crippen LogP) is 14.4. The molecule has 8 rings (SSSR count). The second kappa shape index (κ2) is 74.2. The number of carbonyl (C=O) groups is 2. The van der Waals surface area contributed by atoms with Gasteiger partial charge in [0.05, 0.1) is 43.9 Å². The lowest BCUT2D eigenvalue weighted by molar-refractivity contribution is -0.387. The number of benzene rings is 4. The standard InChI is InChI=1S/C11H15N3O2S.C11H14N2O3S.C9H15N3O2S.C8H7FN2O3.C8H7FN2O2S.C8H14N4S.C6H8ClN3.C6H7FN2O2S.2C3H9N.2C3H8S/c1-4-7-14-10-6-5-9(8-11(10)12-2)17(15,16)13-3;1-3-6-17-10-5-4-8(11(14)12-2)7-9(10)13(15)16;1-3-6-11-9-5-4-8(7-12-9)15(13,14)10-2;1-10-8(12)5-2-3-6(9)7(4-5)11(13)14;1-10-8-5-6(3-4-7(8)9)14(12,13)11-2;1-3-5-13-8-11-6-10-7(12-8)9-4-2;1-2-3-5-8-4-9-6(7)10-5;1-8-12(10,11)5-2-3-6(7)9-4-5;4*1-2-3-4/h5-6,8,13-14H,4,7H2,1,3H3;4-5,7H,3,6H2,1-2H3,(H,12,14);4-5,7,10H,3,6H2,1-2H3,(H,11,12);2-4H,1H3,(H,10,12);3-5,11H,2H3;6H,3-5H2,1-2H3,(H,9,10,11,12);4H,2-3H2,1H3;2-4,8H,1H3;2*2-4H2,1H3;2*4H,2-3H2,1H3. The summed E-state index contributed by atoms with van der Waals surface area (Å²) in [5.41, 5.74) is 10.4. The molecule has 37 nitrogen and oxygen atoms in total. The van der Waals surface area contributed by atoms with Crippen molar-refractivity contribution in [3.8, 4) is 0 Å². The fourth-order valence-corrected chi connectivity index (χ4v) is 12.0. The number of anilines is 3. The van der Waals surface area contributed by atoms with Crippen molar-refractivity contribution in [2.45, 2.75) is 163 Å². The number of carbonyl (C=O) groups excluding carboxylic acids is 2. The van der Waals surface area contributed by atoms with Crippen molar-refractivity contribution in [2.24, 2.45) is 11.5 Å². The van der Waals surface area contributed by atoms with Crippen molar-refractivity contribution < 1.29 is 66.3 Å². The number of nitrogens with two attached hydrogens (primary N) is 2. The van der Waals surface area contributed by atoms with E-state index in [1.54, 1.807) is 42.4 Å². The highest BCUT2D eigenvalue weighted by Gasteiger charge is 2.20. The van der Waals surface area contributed by atoms with Gasteiger partial charge in [-0.2, -0.15) is 39.0 Å². The predicted molar refractivity (Wildman–Crippen MR) is 511 cm³/mol. The van der Waals surface area contributed by atoms with Crippen LogP contribution in [-0.2, 0) is 46.5 Å². The van der Waals surface area contributed by atoms with Crippen LogP contribution in [0.15, 0.2) is 152 Å². The van der Waals surface area contributed by atoms with Crippen LogP contribution in [0.4, 0.5) is 53.4 Å². The summed E-state index contributed by atoms with van der Waals surface area (Å²) in [5, 5.41) is 36.2. The number of thiol groups is 2. The zero-order chi connectivity index (χ0) is 98.3. The van der Waals surface area contributed by atoms with Crippen molar-refractivity contribution in [1.29, 1.82) is 0 Å².